The summed E-state index contributed by atoms with van der Waals surface area (Å²) in [4.78, 5) is 14.3. The van der Waals surface area contributed by atoms with Gasteiger partial charge in [0.05, 0.1) is 11.3 Å². The molecule has 0 radical (unpaired) electrons. The van der Waals surface area contributed by atoms with Crippen LogP contribution in [-0.2, 0) is 11.3 Å². The van der Waals surface area contributed by atoms with Crippen LogP contribution in [0.5, 0.6) is 5.75 Å². The van der Waals surface area contributed by atoms with Crippen LogP contribution in [0.2, 0.25) is 0 Å². The van der Waals surface area contributed by atoms with Gasteiger partial charge in [-0.2, -0.15) is 5.10 Å². The van der Waals surface area contributed by atoms with Gasteiger partial charge in [0.25, 0.3) is 5.91 Å². The monoisotopic (exact) mass is 298 g/mol. The first-order valence-electron chi connectivity index (χ1n) is 7.04. The van der Waals surface area contributed by atoms with Crippen LogP contribution in [-0.4, -0.2) is 41.7 Å². The molecule has 1 amide bonds. The fourth-order valence-corrected chi connectivity index (χ4v) is 2.29. The summed E-state index contributed by atoms with van der Waals surface area (Å²) in [5, 5.41) is 9.79. The maximum absolute atomic E-state index is 12.3. The Balaban J connectivity index is 1.70. The highest BCUT2D eigenvalue weighted by atomic mass is 16.5. The molecule has 114 valence electrons. The van der Waals surface area contributed by atoms with E-state index in [0.717, 1.165) is 23.6 Å². The van der Waals surface area contributed by atoms with Crippen LogP contribution in [0.15, 0.2) is 35.9 Å². The van der Waals surface area contributed by atoms with E-state index in [2.05, 4.69) is 15.5 Å². The number of ether oxygens (including phenoxy) is 1. The van der Waals surface area contributed by atoms with E-state index >= 15 is 0 Å². The molecule has 6 nitrogen and oxygen atoms in total. The Hall–Kier alpha value is -2.60. The van der Waals surface area contributed by atoms with Crippen LogP contribution >= 0.6 is 0 Å². The first kappa shape index (κ1) is 14.3. The zero-order chi connectivity index (χ0) is 15.5. The number of anilines is 1. The van der Waals surface area contributed by atoms with Gasteiger partial charge in [-0.1, -0.05) is 18.2 Å². The summed E-state index contributed by atoms with van der Waals surface area (Å²) in [6, 6.07) is 9.47. The van der Waals surface area contributed by atoms with E-state index in [1.807, 2.05) is 55.4 Å². The highest BCUT2D eigenvalue weighted by molar-refractivity contribution is 6.07. The van der Waals surface area contributed by atoms with Crippen molar-refractivity contribution in [2.45, 2.75) is 6.54 Å². The van der Waals surface area contributed by atoms with Gasteiger partial charge >= 0.3 is 0 Å². The summed E-state index contributed by atoms with van der Waals surface area (Å²) in [6.45, 7) is 1.000. The molecule has 2 N–H and O–H groups in total. The number of nitrogens with one attached hydrogen (secondary N) is 2. The molecule has 0 saturated carbocycles. The summed E-state index contributed by atoms with van der Waals surface area (Å²) >= 11 is 0. The van der Waals surface area contributed by atoms with Gasteiger partial charge in [0, 0.05) is 18.2 Å². The second-order valence-corrected chi connectivity index (χ2v) is 5.47. The van der Waals surface area contributed by atoms with Gasteiger partial charge in [-0.25, -0.2) is 0 Å². The number of benzene rings is 1. The number of hydrogen-bond donors (Lipinski definition) is 2. The predicted octanol–water partition coefficient (Wildman–Crippen LogP) is 1.89. The molecule has 2 heterocycles. The minimum atomic E-state index is -0.197. The van der Waals surface area contributed by atoms with Crippen molar-refractivity contribution < 1.29 is 9.53 Å². The largest absolute Gasteiger partial charge is 0.488 e. The molecule has 2 aromatic rings. The number of rotatable bonds is 4. The number of amides is 1. The first-order chi connectivity index (χ1) is 10.6. The number of H-pyrrole nitrogens is 1. The molecule has 22 heavy (non-hydrogen) atoms. The lowest BCUT2D eigenvalue weighted by Crippen LogP contribution is -2.21. The molecule has 0 atom stereocenters. The molecule has 0 unspecified atom stereocenters. The van der Waals surface area contributed by atoms with Crippen molar-refractivity contribution in [3.8, 4) is 5.75 Å². The van der Waals surface area contributed by atoms with Crippen molar-refractivity contribution in [1.82, 2.24) is 15.1 Å². The van der Waals surface area contributed by atoms with Crippen molar-refractivity contribution in [2.24, 2.45) is 0 Å². The van der Waals surface area contributed by atoms with Gasteiger partial charge in [0.1, 0.15) is 12.4 Å². The lowest BCUT2D eigenvalue weighted by atomic mass is 10.1. The van der Waals surface area contributed by atoms with Crippen LogP contribution in [0.25, 0.3) is 6.08 Å². The van der Waals surface area contributed by atoms with Gasteiger partial charge in [0.2, 0.25) is 0 Å². The molecule has 0 aliphatic carbocycles. The molecule has 6 heteroatoms. The van der Waals surface area contributed by atoms with E-state index in [9.17, 15) is 4.79 Å². The van der Waals surface area contributed by atoms with Crippen molar-refractivity contribution in [1.29, 1.82) is 0 Å². The molecular weight excluding hydrogens is 280 g/mol. The first-order valence-corrected chi connectivity index (χ1v) is 7.04. The smallest absolute Gasteiger partial charge is 0.256 e. The zero-order valence-corrected chi connectivity index (χ0v) is 12.6. The normalized spacial score (nSPS) is 13.3. The van der Waals surface area contributed by atoms with Crippen LogP contribution < -0.4 is 10.1 Å². The van der Waals surface area contributed by atoms with E-state index in [1.165, 1.54) is 0 Å². The molecule has 1 aliphatic heterocycles. The van der Waals surface area contributed by atoms with Crippen LogP contribution in [0.3, 0.4) is 0 Å². The Bertz CT molecular complexity index is 718. The highest BCUT2D eigenvalue weighted by Crippen LogP contribution is 2.26. The van der Waals surface area contributed by atoms with Crippen molar-refractivity contribution in [3.63, 3.8) is 0 Å². The molecule has 1 aromatic heterocycles. The summed E-state index contributed by atoms with van der Waals surface area (Å²) < 4.78 is 5.59. The Labute approximate surface area is 128 Å². The number of aromatic amines is 1. The summed E-state index contributed by atoms with van der Waals surface area (Å²) in [5.74, 6) is 1.12. The van der Waals surface area contributed by atoms with E-state index in [0.29, 0.717) is 11.4 Å². The number of aromatic nitrogens is 2. The van der Waals surface area contributed by atoms with Crippen molar-refractivity contribution >= 4 is 17.8 Å². The van der Waals surface area contributed by atoms with E-state index in [4.69, 9.17) is 4.74 Å². The van der Waals surface area contributed by atoms with Gasteiger partial charge in [-0.3, -0.25) is 9.89 Å². The molecule has 1 aromatic carbocycles. The van der Waals surface area contributed by atoms with E-state index in [1.54, 1.807) is 0 Å². The second kappa shape index (κ2) is 6.03. The number of carbonyl (C=O) groups excluding carboxylic acids is 1. The van der Waals surface area contributed by atoms with Crippen LogP contribution in [0.4, 0.5) is 5.82 Å². The molecular formula is C16H18N4O2. The summed E-state index contributed by atoms with van der Waals surface area (Å²) in [5.41, 5.74) is 2.43. The zero-order valence-electron chi connectivity index (χ0n) is 12.6. The van der Waals surface area contributed by atoms with Gasteiger partial charge < -0.3 is 15.0 Å². The minimum absolute atomic E-state index is 0.197. The van der Waals surface area contributed by atoms with Crippen LogP contribution in [0, 0.1) is 0 Å². The second-order valence-electron chi connectivity index (χ2n) is 5.47. The maximum atomic E-state index is 12.3. The highest BCUT2D eigenvalue weighted by Gasteiger charge is 2.17. The Kier molecular flexibility index (Phi) is 3.93. The fraction of sp³-hybridized carbons (Fsp3) is 0.250. The van der Waals surface area contributed by atoms with Crippen LogP contribution in [0.1, 0.15) is 11.3 Å². The quantitative estimate of drug-likeness (QED) is 0.904. The fourth-order valence-electron chi connectivity index (χ4n) is 2.29. The number of hydrogen-bond acceptors (Lipinski definition) is 4. The van der Waals surface area contributed by atoms with E-state index in [-0.39, 0.29) is 12.5 Å². The standard InChI is InChI=1S/C16H18N4O2/c1-20(2)9-13-8-15(19-18-13)17-16(21)12-7-11-5-3-4-6-14(11)22-10-12/h3-8H,9-10H2,1-2H3,(H2,17,18,19,21). The number of carbonyl (C=O) groups is 1. The lowest BCUT2D eigenvalue weighted by molar-refractivity contribution is -0.113. The van der Waals surface area contributed by atoms with Gasteiger partial charge in [-0.15, -0.1) is 0 Å². The van der Waals surface area contributed by atoms with E-state index < -0.39 is 0 Å². The average molecular weight is 298 g/mol. The number of para-hydroxylation sites is 1. The predicted molar refractivity (Wildman–Crippen MR) is 84.5 cm³/mol. The van der Waals surface area contributed by atoms with Gasteiger partial charge in [0.15, 0.2) is 5.82 Å². The number of fused-ring (bicyclic) bond motifs is 1. The molecule has 0 spiro atoms. The SMILES string of the molecule is CN(C)Cc1cc(NC(=O)C2=Cc3ccccc3OC2)n[nH]1. The molecule has 1 aliphatic rings. The van der Waals surface area contributed by atoms with Crippen molar-refractivity contribution in [3.05, 3.63) is 47.2 Å². The Morgan fingerprint density at radius 1 is 1.41 bits per heavy atom. The Morgan fingerprint density at radius 2 is 2.23 bits per heavy atom. The summed E-state index contributed by atoms with van der Waals surface area (Å²) in [7, 11) is 3.95. The Morgan fingerprint density at radius 3 is 3.05 bits per heavy atom. The third kappa shape index (κ3) is 3.17. The topological polar surface area (TPSA) is 70.2 Å². The molecule has 0 bridgehead atoms. The summed E-state index contributed by atoms with van der Waals surface area (Å²) in [6.07, 6.45) is 1.85. The average Bonchev–Trinajstić information content (AvgIpc) is 2.93. The third-order valence-electron chi connectivity index (χ3n) is 3.28. The molecule has 0 fully saturated rings. The molecule has 0 saturated heterocycles. The maximum Gasteiger partial charge on any atom is 0.256 e. The number of nitrogens with zero attached hydrogens (tertiary/aromatic N) is 2. The van der Waals surface area contributed by atoms with Crippen molar-refractivity contribution in [2.75, 3.05) is 26.0 Å². The van der Waals surface area contributed by atoms with Gasteiger partial charge in [-0.05, 0) is 26.2 Å². The minimum Gasteiger partial charge on any atom is -0.488 e. The molecule has 3 rings (SSSR count). The lowest BCUT2D eigenvalue weighted by Gasteiger charge is -2.16. The third-order valence-corrected chi connectivity index (χ3v) is 3.28.